The van der Waals surface area contributed by atoms with Gasteiger partial charge in [-0.25, -0.2) is 0 Å². The summed E-state index contributed by atoms with van der Waals surface area (Å²) >= 11 is 3.25. The van der Waals surface area contributed by atoms with E-state index in [9.17, 15) is 4.21 Å². The Labute approximate surface area is 104 Å². The van der Waals surface area contributed by atoms with Crippen molar-refractivity contribution in [2.24, 2.45) is 0 Å². The Morgan fingerprint density at radius 2 is 2.00 bits per heavy atom. The SMILES string of the molecule is Cc1nn[se]c1S(=O)c1ccc(Br)cc1. The third kappa shape index (κ3) is 2.45. The molecular weight excluding hydrogens is 343 g/mol. The van der Waals surface area contributed by atoms with Crippen LogP contribution in [0.2, 0.25) is 0 Å². The van der Waals surface area contributed by atoms with Gasteiger partial charge in [-0.05, 0) is 0 Å². The second kappa shape index (κ2) is 4.70. The third-order valence-electron chi connectivity index (χ3n) is 1.81. The number of hydrogen-bond acceptors (Lipinski definition) is 3. The maximum absolute atomic E-state index is 12.1. The standard InChI is InChI=1S/C9H7BrN2OSSe/c1-6-9(15-12-11-6)14(13)8-4-2-7(10)3-5-8/h2-5H,1H3. The van der Waals surface area contributed by atoms with Crippen LogP contribution >= 0.6 is 15.9 Å². The number of halogens is 1. The molecule has 1 atom stereocenters. The van der Waals surface area contributed by atoms with Gasteiger partial charge >= 0.3 is 105 Å². The van der Waals surface area contributed by atoms with Gasteiger partial charge in [0.2, 0.25) is 0 Å². The van der Waals surface area contributed by atoms with Crippen molar-refractivity contribution in [2.75, 3.05) is 0 Å². The van der Waals surface area contributed by atoms with E-state index >= 15 is 0 Å². The second-order valence-electron chi connectivity index (χ2n) is 2.87. The fourth-order valence-electron chi connectivity index (χ4n) is 1.06. The van der Waals surface area contributed by atoms with Crippen molar-refractivity contribution in [1.82, 2.24) is 9.19 Å². The van der Waals surface area contributed by atoms with Gasteiger partial charge in [-0.2, -0.15) is 0 Å². The third-order valence-corrected chi connectivity index (χ3v) is 6.32. The summed E-state index contributed by atoms with van der Waals surface area (Å²) in [5, 5.41) is 3.91. The molecule has 0 aliphatic carbocycles. The van der Waals surface area contributed by atoms with Crippen LogP contribution < -0.4 is 0 Å². The van der Waals surface area contributed by atoms with Crippen molar-refractivity contribution < 1.29 is 4.21 Å². The van der Waals surface area contributed by atoms with Crippen LogP contribution in [-0.2, 0) is 10.8 Å². The molecule has 2 aromatic rings. The summed E-state index contributed by atoms with van der Waals surface area (Å²) in [7, 11) is -1.10. The van der Waals surface area contributed by atoms with Crippen LogP contribution in [0.5, 0.6) is 0 Å². The molecule has 1 aromatic heterocycles. The summed E-state index contributed by atoms with van der Waals surface area (Å²) < 4.78 is 17.9. The van der Waals surface area contributed by atoms with Crippen molar-refractivity contribution in [3.8, 4) is 0 Å². The molecule has 0 aliphatic heterocycles. The molecule has 0 N–H and O–H groups in total. The van der Waals surface area contributed by atoms with Crippen molar-refractivity contribution in [2.45, 2.75) is 15.6 Å². The Kier molecular flexibility index (Phi) is 3.51. The molecule has 2 rings (SSSR count). The van der Waals surface area contributed by atoms with Gasteiger partial charge in [0.1, 0.15) is 0 Å². The average Bonchev–Trinajstić information content (AvgIpc) is 2.65. The number of aryl methyl sites for hydroxylation is 1. The molecule has 0 bridgehead atoms. The molecule has 1 unspecified atom stereocenters. The number of benzene rings is 1. The molecule has 1 aromatic carbocycles. The number of nitrogens with zero attached hydrogens (tertiary/aromatic N) is 2. The van der Waals surface area contributed by atoms with Crippen molar-refractivity contribution in [3.63, 3.8) is 0 Å². The molecule has 1 heterocycles. The monoisotopic (exact) mass is 350 g/mol. The summed E-state index contributed by atoms with van der Waals surface area (Å²) in [5.74, 6) is 0. The van der Waals surface area contributed by atoms with E-state index in [1.54, 1.807) is 0 Å². The van der Waals surface area contributed by atoms with E-state index in [1.165, 1.54) is 0 Å². The zero-order valence-electron chi connectivity index (χ0n) is 7.81. The Morgan fingerprint density at radius 3 is 2.53 bits per heavy atom. The summed E-state index contributed by atoms with van der Waals surface area (Å²) in [5.41, 5.74) is 0.802. The molecule has 0 fully saturated rings. The van der Waals surface area contributed by atoms with Crippen molar-refractivity contribution >= 4 is 41.5 Å². The fraction of sp³-hybridized carbons (Fsp3) is 0.111. The maximum atomic E-state index is 12.1. The number of hydrogen-bond donors (Lipinski definition) is 0. The molecule has 15 heavy (non-hydrogen) atoms. The van der Waals surface area contributed by atoms with Crippen LogP contribution in [0.3, 0.4) is 0 Å². The van der Waals surface area contributed by atoms with E-state index in [-0.39, 0.29) is 14.7 Å². The minimum atomic E-state index is -1.10. The van der Waals surface area contributed by atoms with E-state index in [0.29, 0.717) is 0 Å². The first-order chi connectivity index (χ1) is 7.18. The molecule has 78 valence electrons. The molecule has 0 saturated heterocycles. The first-order valence-corrected chi connectivity index (χ1v) is 7.71. The normalized spacial score (nSPS) is 12.7. The van der Waals surface area contributed by atoms with Gasteiger partial charge in [-0.15, -0.1) is 0 Å². The van der Waals surface area contributed by atoms with Crippen LogP contribution in [0, 0.1) is 6.92 Å². The van der Waals surface area contributed by atoms with E-state index in [2.05, 4.69) is 25.1 Å². The van der Waals surface area contributed by atoms with Crippen LogP contribution in [0.25, 0.3) is 0 Å². The second-order valence-corrected chi connectivity index (χ2v) is 7.37. The Balaban J connectivity index is 2.37. The van der Waals surface area contributed by atoms with Gasteiger partial charge in [-0.1, -0.05) is 0 Å². The van der Waals surface area contributed by atoms with Crippen LogP contribution in [0.15, 0.2) is 37.4 Å². The first kappa shape index (κ1) is 11.2. The van der Waals surface area contributed by atoms with Gasteiger partial charge in [-0.3, -0.25) is 0 Å². The van der Waals surface area contributed by atoms with Gasteiger partial charge in [0.25, 0.3) is 0 Å². The number of rotatable bonds is 2. The van der Waals surface area contributed by atoms with Gasteiger partial charge in [0, 0.05) is 0 Å². The molecule has 0 radical (unpaired) electrons. The van der Waals surface area contributed by atoms with E-state index < -0.39 is 10.8 Å². The molecule has 0 spiro atoms. The number of aromatic nitrogens is 2. The van der Waals surface area contributed by atoms with Gasteiger partial charge < -0.3 is 0 Å². The van der Waals surface area contributed by atoms with Crippen LogP contribution in [-0.4, -0.2) is 28.1 Å². The van der Waals surface area contributed by atoms with E-state index in [1.807, 2.05) is 31.2 Å². The molecule has 0 amide bonds. The van der Waals surface area contributed by atoms with Crippen molar-refractivity contribution in [3.05, 3.63) is 34.4 Å². The fourth-order valence-corrected chi connectivity index (χ4v) is 4.36. The Bertz CT molecular complexity index is 497. The minimum absolute atomic E-state index is 0.0952. The zero-order valence-corrected chi connectivity index (χ0v) is 11.9. The van der Waals surface area contributed by atoms with Gasteiger partial charge in [0.05, 0.1) is 0 Å². The molecule has 3 nitrogen and oxygen atoms in total. The predicted octanol–water partition coefficient (Wildman–Crippen LogP) is 1.77. The van der Waals surface area contributed by atoms with Crippen LogP contribution in [0.4, 0.5) is 0 Å². The summed E-state index contributed by atoms with van der Waals surface area (Å²) in [6, 6.07) is 7.49. The summed E-state index contributed by atoms with van der Waals surface area (Å²) in [6.07, 6.45) is 0. The summed E-state index contributed by atoms with van der Waals surface area (Å²) in [6.45, 7) is 1.85. The Hall–Kier alpha value is -0.291. The Morgan fingerprint density at radius 1 is 1.33 bits per heavy atom. The van der Waals surface area contributed by atoms with E-state index in [4.69, 9.17) is 0 Å². The van der Waals surface area contributed by atoms with Crippen molar-refractivity contribution in [1.29, 1.82) is 0 Å². The van der Waals surface area contributed by atoms with Crippen LogP contribution in [0.1, 0.15) is 5.69 Å². The zero-order chi connectivity index (χ0) is 10.8. The predicted molar refractivity (Wildman–Crippen MR) is 62.5 cm³/mol. The topological polar surface area (TPSA) is 42.9 Å². The molecule has 0 saturated carbocycles. The molecule has 0 aliphatic rings. The average molecular weight is 350 g/mol. The summed E-state index contributed by atoms with van der Waals surface area (Å²) in [4.78, 5) is 0.807. The molecular formula is C9H7BrN2OSSe. The first-order valence-electron chi connectivity index (χ1n) is 4.15. The van der Waals surface area contributed by atoms with E-state index in [0.717, 1.165) is 18.8 Å². The molecule has 6 heteroatoms. The van der Waals surface area contributed by atoms with Gasteiger partial charge in [0.15, 0.2) is 0 Å². The quantitative estimate of drug-likeness (QED) is 0.776.